The SMILES string of the molecule is C[C@@H]1NCCS[C@H]1C. The van der Waals surface area contributed by atoms with Gasteiger partial charge in [0.25, 0.3) is 0 Å². The van der Waals surface area contributed by atoms with Crippen molar-refractivity contribution in [1.82, 2.24) is 5.32 Å². The van der Waals surface area contributed by atoms with Crippen molar-refractivity contribution in [2.75, 3.05) is 12.3 Å². The molecule has 0 aliphatic carbocycles. The minimum Gasteiger partial charge on any atom is -0.312 e. The van der Waals surface area contributed by atoms with Gasteiger partial charge in [0.05, 0.1) is 0 Å². The van der Waals surface area contributed by atoms with E-state index in [0.717, 1.165) is 5.25 Å². The molecule has 2 atom stereocenters. The summed E-state index contributed by atoms with van der Waals surface area (Å²) in [6.07, 6.45) is 0. The summed E-state index contributed by atoms with van der Waals surface area (Å²) in [5.41, 5.74) is 0. The van der Waals surface area contributed by atoms with E-state index in [2.05, 4.69) is 30.9 Å². The predicted octanol–water partition coefficient (Wildman–Crippen LogP) is 1.10. The van der Waals surface area contributed by atoms with E-state index in [1.807, 2.05) is 0 Å². The van der Waals surface area contributed by atoms with E-state index in [0.29, 0.717) is 6.04 Å². The average Bonchev–Trinajstić information content (AvgIpc) is 1.77. The summed E-state index contributed by atoms with van der Waals surface area (Å²) in [4.78, 5) is 0. The van der Waals surface area contributed by atoms with Gasteiger partial charge in [-0.1, -0.05) is 6.92 Å². The topological polar surface area (TPSA) is 12.0 Å². The van der Waals surface area contributed by atoms with Crippen molar-refractivity contribution >= 4 is 11.8 Å². The molecule has 1 aliphatic rings. The van der Waals surface area contributed by atoms with Gasteiger partial charge in [0.15, 0.2) is 0 Å². The lowest BCUT2D eigenvalue weighted by atomic mass is 10.2. The van der Waals surface area contributed by atoms with Crippen LogP contribution in [0.4, 0.5) is 0 Å². The molecule has 0 unspecified atom stereocenters. The number of nitrogens with one attached hydrogen (secondary N) is 1. The number of hydrogen-bond donors (Lipinski definition) is 1. The van der Waals surface area contributed by atoms with Crippen molar-refractivity contribution < 1.29 is 0 Å². The molecule has 2 heteroatoms. The first-order valence-electron chi connectivity index (χ1n) is 3.15. The third-order valence-electron chi connectivity index (χ3n) is 1.65. The first-order chi connectivity index (χ1) is 3.80. The quantitative estimate of drug-likeness (QED) is 0.528. The van der Waals surface area contributed by atoms with Crippen LogP contribution in [0, 0.1) is 0 Å². The molecule has 0 aromatic carbocycles. The zero-order valence-electron chi connectivity index (χ0n) is 5.48. The highest BCUT2D eigenvalue weighted by Gasteiger charge is 2.15. The molecule has 0 radical (unpaired) electrons. The van der Waals surface area contributed by atoms with Gasteiger partial charge in [-0.25, -0.2) is 0 Å². The van der Waals surface area contributed by atoms with Crippen molar-refractivity contribution in [2.24, 2.45) is 0 Å². The van der Waals surface area contributed by atoms with Crippen LogP contribution in [0.2, 0.25) is 0 Å². The molecular formula is C6H13NS. The van der Waals surface area contributed by atoms with Gasteiger partial charge in [-0.15, -0.1) is 0 Å². The largest absolute Gasteiger partial charge is 0.312 e. The molecule has 48 valence electrons. The van der Waals surface area contributed by atoms with Gasteiger partial charge in [0.2, 0.25) is 0 Å². The summed E-state index contributed by atoms with van der Waals surface area (Å²) in [5, 5.41) is 4.22. The van der Waals surface area contributed by atoms with Crippen LogP contribution in [0.5, 0.6) is 0 Å². The smallest absolute Gasteiger partial charge is 0.0170 e. The second-order valence-corrected chi connectivity index (χ2v) is 3.80. The number of thioether (sulfide) groups is 1. The fraction of sp³-hybridized carbons (Fsp3) is 1.00. The molecule has 8 heavy (non-hydrogen) atoms. The van der Waals surface area contributed by atoms with Crippen LogP contribution in [0.25, 0.3) is 0 Å². The molecule has 0 aromatic rings. The molecule has 1 rings (SSSR count). The molecule has 1 fully saturated rings. The van der Waals surface area contributed by atoms with Crippen LogP contribution in [-0.4, -0.2) is 23.6 Å². The summed E-state index contributed by atoms with van der Waals surface area (Å²) in [6, 6.07) is 0.716. The van der Waals surface area contributed by atoms with Crippen LogP contribution in [0.15, 0.2) is 0 Å². The van der Waals surface area contributed by atoms with Crippen molar-refractivity contribution in [3.63, 3.8) is 0 Å². The molecule has 1 saturated heterocycles. The zero-order chi connectivity index (χ0) is 5.98. The van der Waals surface area contributed by atoms with Crippen LogP contribution in [0.1, 0.15) is 13.8 Å². The molecule has 0 spiro atoms. The van der Waals surface area contributed by atoms with E-state index in [-0.39, 0.29) is 0 Å². The Morgan fingerprint density at radius 2 is 2.25 bits per heavy atom. The van der Waals surface area contributed by atoms with Gasteiger partial charge in [0, 0.05) is 23.6 Å². The minimum absolute atomic E-state index is 0.716. The highest BCUT2D eigenvalue weighted by Crippen LogP contribution is 2.16. The summed E-state index contributed by atoms with van der Waals surface area (Å²) in [5.74, 6) is 1.28. The maximum Gasteiger partial charge on any atom is 0.0170 e. The third-order valence-corrected chi connectivity index (χ3v) is 3.03. The van der Waals surface area contributed by atoms with Crippen LogP contribution in [-0.2, 0) is 0 Å². The zero-order valence-corrected chi connectivity index (χ0v) is 6.29. The lowest BCUT2D eigenvalue weighted by Crippen LogP contribution is -2.39. The summed E-state index contributed by atoms with van der Waals surface area (Å²) in [7, 11) is 0. The van der Waals surface area contributed by atoms with Gasteiger partial charge in [-0.05, 0) is 6.92 Å². The Labute approximate surface area is 55.2 Å². The van der Waals surface area contributed by atoms with E-state index < -0.39 is 0 Å². The fourth-order valence-electron chi connectivity index (χ4n) is 0.842. The van der Waals surface area contributed by atoms with E-state index in [9.17, 15) is 0 Å². The lowest BCUT2D eigenvalue weighted by molar-refractivity contribution is 0.550. The Balaban J connectivity index is 2.28. The second kappa shape index (κ2) is 2.74. The Morgan fingerprint density at radius 3 is 2.62 bits per heavy atom. The first-order valence-corrected chi connectivity index (χ1v) is 4.20. The van der Waals surface area contributed by atoms with Crippen LogP contribution in [0.3, 0.4) is 0 Å². The molecule has 0 saturated carbocycles. The molecular weight excluding hydrogens is 118 g/mol. The van der Waals surface area contributed by atoms with Gasteiger partial charge in [0.1, 0.15) is 0 Å². The van der Waals surface area contributed by atoms with Crippen LogP contribution < -0.4 is 5.32 Å². The van der Waals surface area contributed by atoms with Crippen LogP contribution >= 0.6 is 11.8 Å². The first kappa shape index (κ1) is 6.43. The normalized spacial score (nSPS) is 39.8. The Bertz CT molecular complexity index is 64.9. The molecule has 1 nitrogen and oxygen atoms in total. The molecule has 0 aromatic heterocycles. The number of hydrogen-bond acceptors (Lipinski definition) is 2. The van der Waals surface area contributed by atoms with E-state index >= 15 is 0 Å². The van der Waals surface area contributed by atoms with E-state index in [1.165, 1.54) is 12.3 Å². The van der Waals surface area contributed by atoms with E-state index in [1.54, 1.807) is 0 Å². The fourth-order valence-corrected chi connectivity index (χ4v) is 1.83. The Hall–Kier alpha value is 0.310. The van der Waals surface area contributed by atoms with Gasteiger partial charge < -0.3 is 5.32 Å². The highest BCUT2D eigenvalue weighted by atomic mass is 32.2. The predicted molar refractivity (Wildman–Crippen MR) is 39.4 cm³/mol. The Morgan fingerprint density at radius 1 is 1.50 bits per heavy atom. The van der Waals surface area contributed by atoms with Crippen molar-refractivity contribution in [1.29, 1.82) is 0 Å². The molecule has 1 aliphatic heterocycles. The Kier molecular flexibility index (Phi) is 2.20. The maximum absolute atomic E-state index is 3.41. The lowest BCUT2D eigenvalue weighted by Gasteiger charge is -2.25. The minimum atomic E-state index is 0.716. The molecule has 1 N–H and O–H groups in total. The van der Waals surface area contributed by atoms with Crippen molar-refractivity contribution in [3.05, 3.63) is 0 Å². The molecule has 1 heterocycles. The van der Waals surface area contributed by atoms with E-state index in [4.69, 9.17) is 0 Å². The maximum atomic E-state index is 3.41. The summed E-state index contributed by atoms with van der Waals surface area (Å²) in [6.45, 7) is 5.72. The standard InChI is InChI=1S/C6H13NS/c1-5-6(2)8-4-3-7-5/h5-7H,3-4H2,1-2H3/t5-,6-/m0/s1. The second-order valence-electron chi connectivity index (χ2n) is 2.32. The third kappa shape index (κ3) is 1.39. The van der Waals surface area contributed by atoms with Crippen molar-refractivity contribution in [2.45, 2.75) is 25.1 Å². The number of rotatable bonds is 0. The molecule has 0 amide bonds. The summed E-state index contributed by atoms with van der Waals surface area (Å²) >= 11 is 2.06. The summed E-state index contributed by atoms with van der Waals surface area (Å²) < 4.78 is 0. The van der Waals surface area contributed by atoms with Crippen molar-refractivity contribution in [3.8, 4) is 0 Å². The molecule has 0 bridgehead atoms. The van der Waals surface area contributed by atoms with Gasteiger partial charge in [-0.3, -0.25) is 0 Å². The average molecular weight is 131 g/mol. The van der Waals surface area contributed by atoms with Gasteiger partial charge in [-0.2, -0.15) is 11.8 Å². The highest BCUT2D eigenvalue weighted by molar-refractivity contribution is 8.00. The monoisotopic (exact) mass is 131 g/mol. The van der Waals surface area contributed by atoms with Gasteiger partial charge >= 0.3 is 0 Å².